The molecule has 0 radical (unpaired) electrons. The van der Waals surface area contributed by atoms with Crippen LogP contribution in [-0.2, 0) is 19.1 Å². The molecule has 0 aliphatic carbocycles. The second kappa shape index (κ2) is 8.10. The van der Waals surface area contributed by atoms with Crippen LogP contribution in [0.1, 0.15) is 40.1 Å². The van der Waals surface area contributed by atoms with Gasteiger partial charge in [-0.2, -0.15) is 5.26 Å². The van der Waals surface area contributed by atoms with Gasteiger partial charge in [0.2, 0.25) is 0 Å². The zero-order valence-corrected chi connectivity index (χ0v) is 14.7. The van der Waals surface area contributed by atoms with Crippen molar-refractivity contribution in [3.8, 4) is 6.07 Å². The summed E-state index contributed by atoms with van der Waals surface area (Å²) in [6.45, 7) is 2.94. The average molecular weight is 368 g/mol. The topological polar surface area (TPSA) is 137 Å². The van der Waals surface area contributed by atoms with Gasteiger partial charge >= 0.3 is 11.9 Å². The number of nitrogens with zero attached hydrogens (tertiary/aromatic N) is 1. The first-order valence-electron chi connectivity index (χ1n) is 8.04. The zero-order chi connectivity index (χ0) is 20.1. The number of nitrogens with two attached hydrogens (primary N) is 1. The highest BCUT2D eigenvalue weighted by atomic mass is 16.5. The summed E-state index contributed by atoms with van der Waals surface area (Å²) in [5.74, 6) is -4.65. The number of carbonyl (C=O) groups excluding carboxylic acids is 4. The molecule has 0 unspecified atom stereocenters. The van der Waals surface area contributed by atoms with E-state index in [1.807, 2.05) is 6.07 Å². The molecule has 0 spiro atoms. The maximum atomic E-state index is 12.7. The van der Waals surface area contributed by atoms with Crippen LogP contribution in [0.25, 0.3) is 10.8 Å². The van der Waals surface area contributed by atoms with Crippen LogP contribution in [0.3, 0.4) is 0 Å². The van der Waals surface area contributed by atoms with E-state index in [2.05, 4.69) is 4.74 Å². The largest absolute Gasteiger partial charge is 0.460 e. The van der Waals surface area contributed by atoms with Crippen LogP contribution < -0.4 is 5.73 Å². The molecule has 2 aromatic carbocycles. The predicted molar refractivity (Wildman–Crippen MR) is 95.0 cm³/mol. The number of esters is 2. The molecular formula is C19H16N2O6. The first-order valence-corrected chi connectivity index (χ1v) is 8.04. The molecule has 2 rings (SSSR count). The second-order valence-corrected chi connectivity index (χ2v) is 5.36. The number of ketones is 2. The smallest absolute Gasteiger partial charge is 0.379 e. The van der Waals surface area contributed by atoms with Crippen LogP contribution in [-0.4, -0.2) is 36.7 Å². The summed E-state index contributed by atoms with van der Waals surface area (Å²) in [7, 11) is 0. The molecule has 0 amide bonds. The third-order valence-corrected chi connectivity index (χ3v) is 3.68. The number of hydrogen-bond acceptors (Lipinski definition) is 8. The Hall–Kier alpha value is -3.73. The molecule has 8 nitrogen and oxygen atoms in total. The molecule has 2 aromatic rings. The Balaban J connectivity index is 2.82. The van der Waals surface area contributed by atoms with E-state index >= 15 is 0 Å². The zero-order valence-electron chi connectivity index (χ0n) is 14.7. The Kier molecular flexibility index (Phi) is 5.88. The lowest BCUT2D eigenvalue weighted by molar-refractivity contribution is -0.138. The molecule has 0 saturated carbocycles. The van der Waals surface area contributed by atoms with Crippen molar-refractivity contribution in [1.82, 2.24) is 0 Å². The van der Waals surface area contributed by atoms with Crippen molar-refractivity contribution >= 4 is 40.0 Å². The first kappa shape index (κ1) is 19.6. The quantitative estimate of drug-likeness (QED) is 0.353. The summed E-state index contributed by atoms with van der Waals surface area (Å²) in [6.07, 6.45) is 0. The molecule has 8 heteroatoms. The minimum absolute atomic E-state index is 0.0508. The molecule has 0 atom stereocenters. The summed E-state index contributed by atoms with van der Waals surface area (Å²) in [6, 6.07) is 7.57. The van der Waals surface area contributed by atoms with Crippen molar-refractivity contribution in [2.24, 2.45) is 0 Å². The number of fused-ring (bicyclic) bond motifs is 1. The van der Waals surface area contributed by atoms with Crippen LogP contribution in [0.15, 0.2) is 24.3 Å². The van der Waals surface area contributed by atoms with E-state index < -0.39 is 29.1 Å². The van der Waals surface area contributed by atoms with E-state index in [0.29, 0.717) is 10.9 Å². The highest BCUT2D eigenvalue weighted by Crippen LogP contribution is 2.30. The van der Waals surface area contributed by atoms with Crippen molar-refractivity contribution in [1.29, 1.82) is 5.26 Å². The van der Waals surface area contributed by atoms with E-state index in [0.717, 1.165) is 0 Å². The van der Waals surface area contributed by atoms with Crippen molar-refractivity contribution in [3.05, 3.63) is 41.0 Å². The van der Waals surface area contributed by atoms with Crippen molar-refractivity contribution in [2.45, 2.75) is 13.8 Å². The van der Waals surface area contributed by atoms with Gasteiger partial charge < -0.3 is 15.2 Å². The van der Waals surface area contributed by atoms with Gasteiger partial charge in [0, 0.05) is 5.69 Å². The van der Waals surface area contributed by atoms with Gasteiger partial charge in [0.15, 0.2) is 0 Å². The molecule has 27 heavy (non-hydrogen) atoms. The number of Topliss-reactive ketones (excluding diaryl/α,β-unsaturated/α-hetero) is 2. The molecule has 0 heterocycles. The Labute approximate surface area is 154 Å². The van der Waals surface area contributed by atoms with Crippen LogP contribution >= 0.6 is 0 Å². The highest BCUT2D eigenvalue weighted by Gasteiger charge is 2.31. The van der Waals surface area contributed by atoms with Crippen molar-refractivity contribution in [2.75, 3.05) is 18.9 Å². The molecule has 138 valence electrons. The molecule has 0 aromatic heterocycles. The van der Waals surface area contributed by atoms with E-state index in [4.69, 9.17) is 15.7 Å². The molecular weight excluding hydrogens is 352 g/mol. The fourth-order valence-corrected chi connectivity index (χ4v) is 2.58. The number of ether oxygens (including phenoxy) is 2. The molecule has 0 aliphatic heterocycles. The fourth-order valence-electron chi connectivity index (χ4n) is 2.58. The third kappa shape index (κ3) is 3.77. The maximum absolute atomic E-state index is 12.7. The number of carbonyl (C=O) groups is 4. The van der Waals surface area contributed by atoms with Crippen LogP contribution in [0.2, 0.25) is 0 Å². The Morgan fingerprint density at radius 3 is 2.04 bits per heavy atom. The Morgan fingerprint density at radius 1 is 0.963 bits per heavy atom. The molecule has 0 aliphatic rings. The van der Waals surface area contributed by atoms with Crippen molar-refractivity contribution < 1.29 is 28.7 Å². The van der Waals surface area contributed by atoms with Crippen molar-refractivity contribution in [3.63, 3.8) is 0 Å². The van der Waals surface area contributed by atoms with Gasteiger partial charge in [-0.1, -0.05) is 6.07 Å². The Bertz CT molecular complexity index is 1000. The van der Waals surface area contributed by atoms with E-state index in [-0.39, 0.29) is 29.9 Å². The van der Waals surface area contributed by atoms with Crippen LogP contribution in [0, 0.1) is 11.3 Å². The SMILES string of the molecule is CCOC(=O)C(=O)c1c(N)cc2cc(C#N)ccc2c1C(=O)C(=O)OCC. The normalized spacial score (nSPS) is 10.1. The van der Waals surface area contributed by atoms with E-state index in [1.165, 1.54) is 38.1 Å². The summed E-state index contributed by atoms with van der Waals surface area (Å²) in [4.78, 5) is 49.1. The number of benzene rings is 2. The number of nitrogen functional groups attached to an aromatic ring is 1. The van der Waals surface area contributed by atoms with Crippen LogP contribution in [0.5, 0.6) is 0 Å². The minimum Gasteiger partial charge on any atom is -0.460 e. The number of anilines is 1. The first-order chi connectivity index (χ1) is 12.8. The molecule has 0 saturated heterocycles. The minimum atomic E-state index is -1.20. The number of rotatable bonds is 6. The fraction of sp³-hybridized carbons (Fsp3) is 0.211. The van der Waals surface area contributed by atoms with Gasteiger partial charge in [0.05, 0.1) is 36.0 Å². The van der Waals surface area contributed by atoms with E-state index in [1.54, 1.807) is 0 Å². The highest BCUT2D eigenvalue weighted by molar-refractivity contribution is 6.50. The lowest BCUT2D eigenvalue weighted by Crippen LogP contribution is -2.26. The average Bonchev–Trinajstić information content (AvgIpc) is 2.65. The number of nitriles is 1. The standard InChI is InChI=1S/C19H16N2O6/c1-3-26-18(24)16(22)14-12-6-5-10(9-20)7-11(12)8-13(21)15(14)17(23)19(25)27-4-2/h5-8H,3-4,21H2,1-2H3. The van der Waals surface area contributed by atoms with Gasteiger partial charge in [-0.15, -0.1) is 0 Å². The molecule has 2 N–H and O–H groups in total. The summed E-state index contributed by atoms with van der Waals surface area (Å²) in [5, 5.41) is 9.59. The van der Waals surface area contributed by atoms with Gasteiger partial charge in [0.25, 0.3) is 11.6 Å². The monoisotopic (exact) mass is 368 g/mol. The van der Waals surface area contributed by atoms with Gasteiger partial charge in [-0.25, -0.2) is 9.59 Å². The Morgan fingerprint density at radius 2 is 1.52 bits per heavy atom. The lowest BCUT2D eigenvalue weighted by atomic mass is 9.91. The summed E-state index contributed by atoms with van der Waals surface area (Å²) < 4.78 is 9.42. The third-order valence-electron chi connectivity index (χ3n) is 3.68. The van der Waals surface area contributed by atoms with Crippen LogP contribution in [0.4, 0.5) is 5.69 Å². The lowest BCUT2D eigenvalue weighted by Gasteiger charge is -2.13. The maximum Gasteiger partial charge on any atom is 0.379 e. The second-order valence-electron chi connectivity index (χ2n) is 5.36. The van der Waals surface area contributed by atoms with Gasteiger partial charge in [-0.3, -0.25) is 9.59 Å². The van der Waals surface area contributed by atoms with Gasteiger partial charge in [-0.05, 0) is 42.8 Å². The molecule has 0 fully saturated rings. The summed E-state index contributed by atoms with van der Waals surface area (Å²) >= 11 is 0. The number of hydrogen-bond donors (Lipinski definition) is 1. The van der Waals surface area contributed by atoms with E-state index in [9.17, 15) is 19.2 Å². The summed E-state index contributed by atoms with van der Waals surface area (Å²) in [5.41, 5.74) is 5.23. The van der Waals surface area contributed by atoms with Gasteiger partial charge in [0.1, 0.15) is 0 Å². The molecule has 0 bridgehead atoms. The predicted octanol–water partition coefficient (Wildman–Crippen LogP) is 1.79.